The van der Waals surface area contributed by atoms with Crippen LogP contribution in [0.4, 0.5) is 0 Å². The van der Waals surface area contributed by atoms with Gasteiger partial charge in [-0.05, 0) is 25.3 Å². The lowest BCUT2D eigenvalue weighted by Crippen LogP contribution is -2.42. The van der Waals surface area contributed by atoms with E-state index >= 15 is 0 Å². The molecule has 3 nitrogen and oxygen atoms in total. The summed E-state index contributed by atoms with van der Waals surface area (Å²) in [4.78, 5) is 6.67. The molecule has 0 radical (unpaired) electrons. The molecule has 0 spiro atoms. The van der Waals surface area contributed by atoms with Crippen LogP contribution in [-0.4, -0.2) is 29.5 Å². The van der Waals surface area contributed by atoms with Crippen molar-refractivity contribution in [3.63, 3.8) is 0 Å². The first-order valence-electron chi connectivity index (χ1n) is 5.91. The van der Waals surface area contributed by atoms with E-state index in [4.69, 9.17) is 5.73 Å². The molecular formula is C12H21N3S. The number of nitrogens with zero attached hydrogens (tertiary/aromatic N) is 2. The molecule has 2 rings (SSSR count). The maximum atomic E-state index is 6.19. The Balaban J connectivity index is 1.89. The van der Waals surface area contributed by atoms with E-state index in [0.29, 0.717) is 11.5 Å². The predicted octanol–water partition coefficient (Wildman–Crippen LogP) is 2.09. The highest BCUT2D eigenvalue weighted by Crippen LogP contribution is 2.37. The molecule has 1 aromatic rings. The zero-order valence-corrected chi connectivity index (χ0v) is 11.0. The molecule has 1 aromatic heterocycles. The van der Waals surface area contributed by atoms with Crippen LogP contribution in [0, 0.1) is 5.41 Å². The normalized spacial score (nSPS) is 30.1. The summed E-state index contributed by atoms with van der Waals surface area (Å²) in [6.45, 7) is 4.33. The number of thiazole rings is 1. The van der Waals surface area contributed by atoms with E-state index in [0.717, 1.165) is 13.1 Å². The van der Waals surface area contributed by atoms with E-state index in [2.05, 4.69) is 29.2 Å². The number of rotatable bonds is 4. The topological polar surface area (TPSA) is 42.2 Å². The Morgan fingerprint density at radius 1 is 1.69 bits per heavy atom. The van der Waals surface area contributed by atoms with Gasteiger partial charge in [0.1, 0.15) is 0 Å². The minimum Gasteiger partial charge on any atom is -0.327 e. The minimum atomic E-state index is 0.296. The van der Waals surface area contributed by atoms with Crippen LogP contribution in [0.2, 0.25) is 0 Å². The second-order valence-corrected chi connectivity index (χ2v) is 6.02. The van der Waals surface area contributed by atoms with E-state index in [1.54, 1.807) is 11.3 Å². The van der Waals surface area contributed by atoms with E-state index in [-0.39, 0.29) is 0 Å². The summed E-state index contributed by atoms with van der Waals surface area (Å²) in [5.41, 5.74) is 9.56. The van der Waals surface area contributed by atoms with E-state index in [9.17, 15) is 0 Å². The smallest absolute Gasteiger partial charge is 0.0795 e. The maximum absolute atomic E-state index is 6.19. The number of nitrogens with two attached hydrogens (primary N) is 1. The third-order valence-electron chi connectivity index (χ3n) is 3.70. The van der Waals surface area contributed by atoms with Gasteiger partial charge in [0.25, 0.3) is 0 Å². The monoisotopic (exact) mass is 239 g/mol. The minimum absolute atomic E-state index is 0.296. The summed E-state index contributed by atoms with van der Waals surface area (Å²) in [7, 11) is 2.16. The van der Waals surface area contributed by atoms with Gasteiger partial charge in [-0.2, -0.15) is 0 Å². The van der Waals surface area contributed by atoms with Gasteiger partial charge in [-0.1, -0.05) is 13.3 Å². The zero-order chi connectivity index (χ0) is 11.6. The van der Waals surface area contributed by atoms with Crippen LogP contribution in [0.3, 0.4) is 0 Å². The van der Waals surface area contributed by atoms with Gasteiger partial charge in [0, 0.05) is 24.5 Å². The highest BCUT2D eigenvalue weighted by molar-refractivity contribution is 7.07. The Bertz CT molecular complexity index is 325. The van der Waals surface area contributed by atoms with Gasteiger partial charge in [0.05, 0.1) is 11.2 Å². The van der Waals surface area contributed by atoms with Crippen LogP contribution < -0.4 is 5.73 Å². The second-order valence-electron chi connectivity index (χ2n) is 5.30. The fraction of sp³-hybridized carbons (Fsp3) is 0.750. The van der Waals surface area contributed by atoms with E-state index in [1.807, 2.05) is 5.51 Å². The van der Waals surface area contributed by atoms with Crippen LogP contribution in [0.15, 0.2) is 10.9 Å². The number of aromatic nitrogens is 1. The van der Waals surface area contributed by atoms with Gasteiger partial charge in [-0.15, -0.1) is 11.3 Å². The fourth-order valence-electron chi connectivity index (χ4n) is 2.72. The maximum Gasteiger partial charge on any atom is 0.0795 e. The Labute approximate surface area is 102 Å². The molecule has 2 atom stereocenters. The summed E-state index contributed by atoms with van der Waals surface area (Å²) < 4.78 is 0. The van der Waals surface area contributed by atoms with Gasteiger partial charge in [-0.25, -0.2) is 4.98 Å². The van der Waals surface area contributed by atoms with Gasteiger partial charge in [0.15, 0.2) is 0 Å². The molecule has 0 saturated heterocycles. The van der Waals surface area contributed by atoms with Gasteiger partial charge >= 0.3 is 0 Å². The van der Waals surface area contributed by atoms with Gasteiger partial charge in [0.2, 0.25) is 0 Å². The SMILES string of the molecule is CN(Cc1cscn1)CC1(C)CCCC1N. The molecule has 1 aliphatic rings. The Morgan fingerprint density at radius 3 is 3.06 bits per heavy atom. The van der Waals surface area contributed by atoms with Crippen LogP contribution in [-0.2, 0) is 6.54 Å². The molecule has 1 aliphatic carbocycles. The van der Waals surface area contributed by atoms with Gasteiger partial charge < -0.3 is 5.73 Å². The lowest BCUT2D eigenvalue weighted by Gasteiger charge is -2.33. The fourth-order valence-corrected chi connectivity index (χ4v) is 3.27. The molecule has 1 fully saturated rings. The van der Waals surface area contributed by atoms with Crippen molar-refractivity contribution in [1.82, 2.24) is 9.88 Å². The predicted molar refractivity (Wildman–Crippen MR) is 68.4 cm³/mol. The average Bonchev–Trinajstić information content (AvgIpc) is 2.79. The molecule has 2 N–H and O–H groups in total. The van der Waals surface area contributed by atoms with Crippen molar-refractivity contribution >= 4 is 11.3 Å². The van der Waals surface area contributed by atoms with Crippen molar-refractivity contribution in [2.45, 2.75) is 38.8 Å². The first-order valence-corrected chi connectivity index (χ1v) is 6.86. The number of hydrogen-bond donors (Lipinski definition) is 1. The van der Waals surface area contributed by atoms with Crippen LogP contribution in [0.5, 0.6) is 0 Å². The lowest BCUT2D eigenvalue weighted by atomic mass is 9.84. The largest absolute Gasteiger partial charge is 0.327 e. The summed E-state index contributed by atoms with van der Waals surface area (Å²) in [5.74, 6) is 0. The third kappa shape index (κ3) is 2.62. The van der Waals surface area contributed by atoms with E-state index < -0.39 is 0 Å². The molecule has 2 unspecified atom stereocenters. The first-order chi connectivity index (χ1) is 7.60. The van der Waals surface area contributed by atoms with Crippen LogP contribution in [0.25, 0.3) is 0 Å². The highest BCUT2D eigenvalue weighted by atomic mass is 32.1. The van der Waals surface area contributed by atoms with Crippen molar-refractivity contribution in [3.8, 4) is 0 Å². The summed E-state index contributed by atoms with van der Waals surface area (Å²) in [5, 5.41) is 2.12. The molecule has 0 aliphatic heterocycles. The average molecular weight is 239 g/mol. The molecule has 4 heteroatoms. The molecule has 0 aromatic carbocycles. The van der Waals surface area contributed by atoms with Crippen LogP contribution in [0.1, 0.15) is 31.9 Å². The Kier molecular flexibility index (Phi) is 3.62. The van der Waals surface area contributed by atoms with Crippen LogP contribution >= 0.6 is 11.3 Å². The van der Waals surface area contributed by atoms with Crippen molar-refractivity contribution in [2.75, 3.05) is 13.6 Å². The molecule has 90 valence electrons. The molecule has 1 saturated carbocycles. The van der Waals surface area contributed by atoms with E-state index in [1.165, 1.54) is 25.0 Å². The molecular weight excluding hydrogens is 218 g/mol. The highest BCUT2D eigenvalue weighted by Gasteiger charge is 2.36. The molecule has 0 amide bonds. The third-order valence-corrected chi connectivity index (χ3v) is 4.34. The second kappa shape index (κ2) is 4.82. The Morgan fingerprint density at radius 2 is 2.50 bits per heavy atom. The zero-order valence-electron chi connectivity index (χ0n) is 10.1. The standard InChI is InChI=1S/C12H21N3S/c1-12(5-3-4-11(12)13)8-15(2)6-10-7-16-9-14-10/h7,9,11H,3-6,8,13H2,1-2H3. The lowest BCUT2D eigenvalue weighted by molar-refractivity contribution is 0.172. The van der Waals surface area contributed by atoms with Crippen molar-refractivity contribution in [2.24, 2.45) is 11.1 Å². The quantitative estimate of drug-likeness (QED) is 0.875. The Hall–Kier alpha value is -0.450. The summed E-state index contributed by atoms with van der Waals surface area (Å²) in [6, 6.07) is 0.366. The molecule has 16 heavy (non-hydrogen) atoms. The summed E-state index contributed by atoms with van der Waals surface area (Å²) in [6.07, 6.45) is 3.72. The van der Waals surface area contributed by atoms with Crippen molar-refractivity contribution in [3.05, 3.63) is 16.6 Å². The molecule has 1 heterocycles. The first kappa shape index (κ1) is 12.0. The molecule has 0 bridgehead atoms. The summed E-state index contributed by atoms with van der Waals surface area (Å²) >= 11 is 1.66. The van der Waals surface area contributed by atoms with Crippen molar-refractivity contribution < 1.29 is 0 Å². The van der Waals surface area contributed by atoms with Gasteiger partial charge in [-0.3, -0.25) is 4.90 Å². The number of hydrogen-bond acceptors (Lipinski definition) is 4. The van der Waals surface area contributed by atoms with Crippen molar-refractivity contribution in [1.29, 1.82) is 0 Å².